The number of aliphatic hydroxyl groups is 1. The van der Waals surface area contributed by atoms with E-state index in [2.05, 4.69) is 0 Å². The predicted molar refractivity (Wildman–Crippen MR) is 79.1 cm³/mol. The first-order valence-corrected chi connectivity index (χ1v) is 7.18. The van der Waals surface area contributed by atoms with Crippen LogP contribution in [0, 0.1) is 0 Å². The summed E-state index contributed by atoms with van der Waals surface area (Å²) in [5.74, 6) is 0.483. The maximum absolute atomic E-state index is 10.5. The van der Waals surface area contributed by atoms with Crippen molar-refractivity contribution in [2.45, 2.75) is 12.0 Å². The van der Waals surface area contributed by atoms with Gasteiger partial charge < -0.3 is 15.6 Å². The highest BCUT2D eigenvalue weighted by Crippen LogP contribution is 2.39. The van der Waals surface area contributed by atoms with Gasteiger partial charge in [0.2, 0.25) is 0 Å². The van der Waals surface area contributed by atoms with Gasteiger partial charge in [-0.2, -0.15) is 0 Å². The molecule has 1 heterocycles. The zero-order valence-corrected chi connectivity index (χ0v) is 12.1. The van der Waals surface area contributed by atoms with Gasteiger partial charge in [-0.05, 0) is 17.5 Å². The third kappa shape index (κ3) is 2.92. The van der Waals surface area contributed by atoms with E-state index in [0.717, 1.165) is 16.2 Å². The van der Waals surface area contributed by atoms with Crippen LogP contribution in [0.25, 0.3) is 0 Å². The van der Waals surface area contributed by atoms with Crippen LogP contribution in [0.1, 0.15) is 22.5 Å². The number of para-hydroxylation sites is 1. The van der Waals surface area contributed by atoms with Crippen molar-refractivity contribution in [3.8, 4) is 5.75 Å². The summed E-state index contributed by atoms with van der Waals surface area (Å²) in [6.45, 7) is 0.315. The van der Waals surface area contributed by atoms with Crippen LogP contribution < -0.4 is 10.5 Å². The van der Waals surface area contributed by atoms with Crippen LogP contribution >= 0.6 is 22.9 Å². The second kappa shape index (κ2) is 6.39. The van der Waals surface area contributed by atoms with Crippen molar-refractivity contribution in [2.24, 2.45) is 5.73 Å². The predicted octanol–water partition coefficient (Wildman–Crippen LogP) is 3.19. The molecule has 2 unspecified atom stereocenters. The Morgan fingerprint density at radius 3 is 2.68 bits per heavy atom. The van der Waals surface area contributed by atoms with E-state index >= 15 is 0 Å². The summed E-state index contributed by atoms with van der Waals surface area (Å²) in [5.41, 5.74) is 6.72. The van der Waals surface area contributed by atoms with Crippen LogP contribution in [0.3, 0.4) is 0 Å². The largest absolute Gasteiger partial charge is 0.496 e. The fraction of sp³-hybridized carbons (Fsp3) is 0.286. The van der Waals surface area contributed by atoms with Gasteiger partial charge in [-0.25, -0.2) is 0 Å². The summed E-state index contributed by atoms with van der Waals surface area (Å²) < 4.78 is 5.33. The number of aliphatic hydroxyl groups excluding tert-OH is 1. The molecule has 1 aromatic carbocycles. The van der Waals surface area contributed by atoms with E-state index in [1.165, 1.54) is 11.3 Å². The number of rotatable bonds is 5. The van der Waals surface area contributed by atoms with E-state index in [1.54, 1.807) is 13.2 Å². The van der Waals surface area contributed by atoms with Crippen molar-refractivity contribution in [1.29, 1.82) is 0 Å². The maximum Gasteiger partial charge on any atom is 0.122 e. The third-order valence-corrected chi connectivity index (χ3v) is 4.52. The van der Waals surface area contributed by atoms with Crippen LogP contribution in [0.15, 0.2) is 35.7 Å². The second-order valence-electron chi connectivity index (χ2n) is 4.16. The summed E-state index contributed by atoms with van der Waals surface area (Å²) in [6, 6.07) is 9.35. The van der Waals surface area contributed by atoms with Crippen molar-refractivity contribution >= 4 is 22.9 Å². The Morgan fingerprint density at radius 2 is 2.11 bits per heavy atom. The molecular formula is C14H16ClNO2S. The van der Waals surface area contributed by atoms with Crippen molar-refractivity contribution in [1.82, 2.24) is 0 Å². The monoisotopic (exact) mass is 297 g/mol. The normalized spacial score (nSPS) is 14.1. The average Bonchev–Trinajstić information content (AvgIpc) is 2.86. The first-order chi connectivity index (χ1) is 9.19. The van der Waals surface area contributed by atoms with Crippen molar-refractivity contribution in [2.75, 3.05) is 13.7 Å². The van der Waals surface area contributed by atoms with Gasteiger partial charge in [0, 0.05) is 18.0 Å². The molecule has 0 radical (unpaired) electrons. The highest BCUT2D eigenvalue weighted by molar-refractivity contribution is 7.10. The molecule has 0 saturated heterocycles. The van der Waals surface area contributed by atoms with Crippen molar-refractivity contribution in [3.05, 3.63) is 51.2 Å². The molecule has 1 aromatic heterocycles. The average molecular weight is 298 g/mol. The number of thiophene rings is 1. The molecule has 0 aliphatic carbocycles. The molecule has 0 fully saturated rings. The molecule has 0 amide bonds. The number of nitrogens with two attached hydrogens (primary N) is 1. The molecule has 2 rings (SSSR count). The summed E-state index contributed by atoms with van der Waals surface area (Å²) >= 11 is 7.51. The number of hydrogen-bond donors (Lipinski definition) is 2. The molecule has 102 valence electrons. The van der Waals surface area contributed by atoms with Gasteiger partial charge in [0.1, 0.15) is 5.75 Å². The molecule has 5 heteroatoms. The summed E-state index contributed by atoms with van der Waals surface area (Å²) in [6.07, 6.45) is -0.728. The SMILES string of the molecule is COc1ccccc1C(CN)C(O)c1sccc1Cl. The third-order valence-electron chi connectivity index (χ3n) is 3.09. The van der Waals surface area contributed by atoms with Gasteiger partial charge >= 0.3 is 0 Å². The minimum atomic E-state index is -0.728. The molecular weight excluding hydrogens is 282 g/mol. The Balaban J connectivity index is 2.37. The van der Waals surface area contributed by atoms with Crippen LogP contribution in [0.4, 0.5) is 0 Å². The molecule has 3 N–H and O–H groups in total. The Bertz CT molecular complexity index is 544. The zero-order valence-electron chi connectivity index (χ0n) is 10.5. The number of ether oxygens (including phenoxy) is 1. The van der Waals surface area contributed by atoms with E-state index in [1.807, 2.05) is 29.6 Å². The lowest BCUT2D eigenvalue weighted by molar-refractivity contribution is 0.149. The summed E-state index contributed by atoms with van der Waals surface area (Å²) in [5, 5.41) is 12.9. The molecule has 2 atom stereocenters. The fourth-order valence-electron chi connectivity index (χ4n) is 2.10. The van der Waals surface area contributed by atoms with Crippen LogP contribution in [-0.4, -0.2) is 18.8 Å². The van der Waals surface area contributed by atoms with E-state index in [-0.39, 0.29) is 5.92 Å². The van der Waals surface area contributed by atoms with Gasteiger partial charge in [-0.1, -0.05) is 29.8 Å². The van der Waals surface area contributed by atoms with Gasteiger partial charge in [0.05, 0.1) is 23.1 Å². The van der Waals surface area contributed by atoms with Gasteiger partial charge in [0.25, 0.3) is 0 Å². The first-order valence-electron chi connectivity index (χ1n) is 5.93. The van der Waals surface area contributed by atoms with Crippen LogP contribution in [0.2, 0.25) is 5.02 Å². The van der Waals surface area contributed by atoms with Crippen molar-refractivity contribution in [3.63, 3.8) is 0 Å². The highest BCUT2D eigenvalue weighted by atomic mass is 35.5. The molecule has 0 aliphatic heterocycles. The molecule has 3 nitrogen and oxygen atoms in total. The summed E-state index contributed by atoms with van der Waals surface area (Å²) in [7, 11) is 1.61. The Hall–Kier alpha value is -1.07. The standard InChI is InChI=1S/C14H16ClNO2S/c1-18-12-5-3-2-4-9(12)10(8-16)13(17)14-11(15)6-7-19-14/h2-7,10,13,17H,8,16H2,1H3. The van der Waals surface area contributed by atoms with Crippen LogP contribution in [0.5, 0.6) is 5.75 Å². The quantitative estimate of drug-likeness (QED) is 0.891. The van der Waals surface area contributed by atoms with Gasteiger partial charge in [-0.15, -0.1) is 11.3 Å². The zero-order chi connectivity index (χ0) is 13.8. The minimum Gasteiger partial charge on any atom is -0.496 e. The number of benzene rings is 1. The van der Waals surface area contributed by atoms with Gasteiger partial charge in [-0.3, -0.25) is 0 Å². The molecule has 19 heavy (non-hydrogen) atoms. The fourth-order valence-corrected chi connectivity index (χ4v) is 3.32. The molecule has 0 saturated carbocycles. The van der Waals surface area contributed by atoms with E-state index in [0.29, 0.717) is 11.6 Å². The van der Waals surface area contributed by atoms with E-state index in [4.69, 9.17) is 22.1 Å². The molecule has 0 bridgehead atoms. The van der Waals surface area contributed by atoms with Gasteiger partial charge in [0.15, 0.2) is 0 Å². The lowest BCUT2D eigenvalue weighted by Gasteiger charge is -2.23. The molecule has 0 spiro atoms. The molecule has 2 aromatic rings. The lowest BCUT2D eigenvalue weighted by atomic mass is 9.91. The lowest BCUT2D eigenvalue weighted by Crippen LogP contribution is -2.20. The summed E-state index contributed by atoms with van der Waals surface area (Å²) in [4.78, 5) is 0.739. The van der Waals surface area contributed by atoms with E-state index in [9.17, 15) is 5.11 Å². The number of hydrogen-bond acceptors (Lipinski definition) is 4. The highest BCUT2D eigenvalue weighted by Gasteiger charge is 2.26. The Labute approximate surface area is 121 Å². The topological polar surface area (TPSA) is 55.5 Å². The van der Waals surface area contributed by atoms with Crippen LogP contribution in [-0.2, 0) is 0 Å². The first kappa shape index (κ1) is 14.3. The Morgan fingerprint density at radius 1 is 1.37 bits per heavy atom. The number of halogens is 1. The second-order valence-corrected chi connectivity index (χ2v) is 5.52. The Kier molecular flexibility index (Phi) is 4.82. The van der Waals surface area contributed by atoms with E-state index < -0.39 is 6.10 Å². The smallest absolute Gasteiger partial charge is 0.122 e. The van der Waals surface area contributed by atoms with Crippen molar-refractivity contribution < 1.29 is 9.84 Å². The minimum absolute atomic E-state index is 0.243. The number of methoxy groups -OCH3 is 1. The molecule has 0 aliphatic rings. The maximum atomic E-state index is 10.5.